The fraction of sp³-hybridized carbons (Fsp3) is 0.368. The summed E-state index contributed by atoms with van der Waals surface area (Å²) in [6.07, 6.45) is 0.691. The van der Waals surface area contributed by atoms with Crippen molar-refractivity contribution in [2.24, 2.45) is 0 Å². The van der Waals surface area contributed by atoms with Gasteiger partial charge in [0.2, 0.25) is 5.89 Å². The maximum atomic E-state index is 12.5. The summed E-state index contributed by atoms with van der Waals surface area (Å²) in [5.41, 5.74) is 2.30. The van der Waals surface area contributed by atoms with Gasteiger partial charge in [0.15, 0.2) is 5.82 Å². The Hall–Kier alpha value is -3.16. The second kappa shape index (κ2) is 8.03. The van der Waals surface area contributed by atoms with E-state index in [-0.39, 0.29) is 12.5 Å². The lowest BCUT2D eigenvalue weighted by Crippen LogP contribution is -2.26. The molecule has 0 saturated heterocycles. The molecule has 0 bridgehead atoms. The van der Waals surface area contributed by atoms with Crippen LogP contribution in [0.3, 0.4) is 0 Å². The van der Waals surface area contributed by atoms with Gasteiger partial charge >= 0.3 is 0 Å². The van der Waals surface area contributed by atoms with E-state index in [1.807, 2.05) is 20.8 Å². The van der Waals surface area contributed by atoms with Crippen LogP contribution in [0.4, 0.5) is 0 Å². The average molecular weight is 370 g/mol. The summed E-state index contributed by atoms with van der Waals surface area (Å²) in [6, 6.07) is 6.99. The molecule has 0 unspecified atom stereocenters. The van der Waals surface area contributed by atoms with Gasteiger partial charge in [-0.2, -0.15) is 4.98 Å². The van der Waals surface area contributed by atoms with Gasteiger partial charge in [-0.15, -0.1) is 0 Å². The van der Waals surface area contributed by atoms with Crippen LogP contribution in [0.1, 0.15) is 46.0 Å². The number of benzene rings is 1. The van der Waals surface area contributed by atoms with Crippen LogP contribution >= 0.6 is 0 Å². The van der Waals surface area contributed by atoms with Crippen molar-refractivity contribution in [2.45, 2.75) is 40.3 Å². The molecular weight excluding hydrogens is 348 g/mol. The molecule has 142 valence electrons. The first-order valence-corrected chi connectivity index (χ1v) is 8.69. The van der Waals surface area contributed by atoms with Crippen LogP contribution in [0, 0.1) is 13.8 Å². The van der Waals surface area contributed by atoms with Crippen LogP contribution in [-0.2, 0) is 19.6 Å². The molecule has 27 heavy (non-hydrogen) atoms. The van der Waals surface area contributed by atoms with Gasteiger partial charge < -0.3 is 18.7 Å². The Morgan fingerprint density at radius 3 is 2.48 bits per heavy atom. The van der Waals surface area contributed by atoms with Gasteiger partial charge in [0.25, 0.3) is 5.91 Å². The molecule has 8 nitrogen and oxygen atoms in total. The number of nitrogens with zero attached hydrogens (tertiary/aromatic N) is 4. The molecule has 0 saturated carbocycles. The Balaban J connectivity index is 1.59. The predicted molar refractivity (Wildman–Crippen MR) is 96.2 cm³/mol. The monoisotopic (exact) mass is 370 g/mol. The molecule has 0 atom stereocenters. The first kappa shape index (κ1) is 18.6. The van der Waals surface area contributed by atoms with Crippen LogP contribution in [0.15, 0.2) is 33.3 Å². The number of ether oxygens (including phenoxy) is 1. The van der Waals surface area contributed by atoms with E-state index in [0.717, 1.165) is 17.0 Å². The van der Waals surface area contributed by atoms with Gasteiger partial charge in [-0.1, -0.05) is 17.2 Å². The van der Waals surface area contributed by atoms with Crippen LogP contribution in [0.25, 0.3) is 0 Å². The van der Waals surface area contributed by atoms with E-state index in [2.05, 4.69) is 15.3 Å². The number of rotatable bonds is 7. The molecular formula is C19H22N4O4. The van der Waals surface area contributed by atoms with E-state index in [9.17, 15) is 4.79 Å². The number of aromatic nitrogens is 3. The van der Waals surface area contributed by atoms with Gasteiger partial charge in [-0.3, -0.25) is 4.79 Å². The highest BCUT2D eigenvalue weighted by Crippen LogP contribution is 2.18. The second-order valence-corrected chi connectivity index (χ2v) is 6.23. The van der Waals surface area contributed by atoms with Crippen molar-refractivity contribution >= 4 is 5.91 Å². The van der Waals surface area contributed by atoms with Crippen molar-refractivity contribution in [2.75, 3.05) is 7.05 Å². The maximum absolute atomic E-state index is 12.5. The fourth-order valence-electron chi connectivity index (χ4n) is 2.55. The third-order valence-electron chi connectivity index (χ3n) is 4.21. The van der Waals surface area contributed by atoms with E-state index >= 15 is 0 Å². The smallest absolute Gasteiger partial charge is 0.254 e. The SMILES string of the molecule is CCc1noc(CN(C)C(=O)c2ccc(OCc3c(C)noc3C)cc2)n1. The summed E-state index contributed by atoms with van der Waals surface area (Å²) in [7, 11) is 1.69. The lowest BCUT2D eigenvalue weighted by Gasteiger charge is -2.15. The van der Waals surface area contributed by atoms with Crippen LogP contribution < -0.4 is 4.74 Å². The Morgan fingerprint density at radius 2 is 1.89 bits per heavy atom. The predicted octanol–water partition coefficient (Wildman–Crippen LogP) is 3.09. The highest BCUT2D eigenvalue weighted by Gasteiger charge is 2.16. The summed E-state index contributed by atoms with van der Waals surface area (Å²) in [4.78, 5) is 18.3. The molecule has 0 N–H and O–H groups in total. The number of carbonyl (C=O) groups is 1. The molecule has 0 spiro atoms. The standard InChI is InChI=1S/C19H22N4O4/c1-5-17-20-18(27-22-17)10-23(4)19(24)14-6-8-15(9-7-14)25-11-16-12(2)21-26-13(16)3/h6-9H,5,10-11H2,1-4H3. The zero-order valence-corrected chi connectivity index (χ0v) is 15.9. The van der Waals surface area contributed by atoms with E-state index in [1.54, 1.807) is 31.3 Å². The zero-order chi connectivity index (χ0) is 19.4. The summed E-state index contributed by atoms with van der Waals surface area (Å²) in [5, 5.41) is 7.74. The topological polar surface area (TPSA) is 94.5 Å². The minimum absolute atomic E-state index is 0.136. The first-order valence-electron chi connectivity index (χ1n) is 8.69. The summed E-state index contributed by atoms with van der Waals surface area (Å²) in [5.74, 6) is 2.32. The second-order valence-electron chi connectivity index (χ2n) is 6.23. The molecule has 0 aliphatic heterocycles. The third kappa shape index (κ3) is 4.33. The highest BCUT2D eigenvalue weighted by molar-refractivity contribution is 5.94. The molecule has 0 aliphatic rings. The molecule has 1 aromatic carbocycles. The van der Waals surface area contributed by atoms with E-state index in [4.69, 9.17) is 13.8 Å². The maximum Gasteiger partial charge on any atom is 0.254 e. The normalized spacial score (nSPS) is 10.8. The number of hydrogen-bond donors (Lipinski definition) is 0. The molecule has 8 heteroatoms. The van der Waals surface area contributed by atoms with Crippen molar-refractivity contribution in [1.29, 1.82) is 0 Å². The van der Waals surface area contributed by atoms with Gasteiger partial charge in [0.05, 0.1) is 17.8 Å². The Labute approximate surface area is 157 Å². The summed E-state index contributed by atoms with van der Waals surface area (Å²) >= 11 is 0. The van der Waals surface area contributed by atoms with Gasteiger partial charge in [-0.05, 0) is 38.1 Å². The molecule has 0 aliphatic carbocycles. The van der Waals surface area contributed by atoms with Crippen molar-refractivity contribution in [3.8, 4) is 5.75 Å². The Morgan fingerprint density at radius 1 is 1.15 bits per heavy atom. The van der Waals surface area contributed by atoms with Crippen LogP contribution in [0.5, 0.6) is 5.75 Å². The van der Waals surface area contributed by atoms with Crippen LogP contribution in [0.2, 0.25) is 0 Å². The lowest BCUT2D eigenvalue weighted by atomic mass is 10.2. The third-order valence-corrected chi connectivity index (χ3v) is 4.21. The van der Waals surface area contributed by atoms with Crippen molar-refractivity contribution in [3.05, 3.63) is 58.6 Å². The van der Waals surface area contributed by atoms with Gasteiger partial charge in [0, 0.05) is 19.0 Å². The van der Waals surface area contributed by atoms with E-state index in [1.165, 1.54) is 4.90 Å². The lowest BCUT2D eigenvalue weighted by molar-refractivity contribution is 0.0769. The van der Waals surface area contributed by atoms with Gasteiger partial charge in [0.1, 0.15) is 18.1 Å². The molecule has 1 amide bonds. The molecule has 2 aromatic heterocycles. The number of hydrogen-bond acceptors (Lipinski definition) is 7. The minimum Gasteiger partial charge on any atom is -0.489 e. The Kier molecular flexibility index (Phi) is 5.54. The molecule has 2 heterocycles. The molecule has 3 aromatic rings. The number of aryl methyl sites for hydroxylation is 3. The zero-order valence-electron chi connectivity index (χ0n) is 15.9. The van der Waals surface area contributed by atoms with E-state index < -0.39 is 0 Å². The molecule has 0 fully saturated rings. The van der Waals surface area contributed by atoms with Crippen molar-refractivity contribution in [3.63, 3.8) is 0 Å². The number of amides is 1. The van der Waals surface area contributed by atoms with Gasteiger partial charge in [-0.25, -0.2) is 0 Å². The van der Waals surface area contributed by atoms with E-state index in [0.29, 0.717) is 36.1 Å². The molecule has 0 radical (unpaired) electrons. The fourth-order valence-corrected chi connectivity index (χ4v) is 2.55. The highest BCUT2D eigenvalue weighted by atomic mass is 16.5. The molecule has 3 rings (SSSR count). The largest absolute Gasteiger partial charge is 0.489 e. The summed E-state index contributed by atoms with van der Waals surface area (Å²) in [6.45, 7) is 6.29. The van der Waals surface area contributed by atoms with Crippen molar-refractivity contribution < 1.29 is 18.6 Å². The minimum atomic E-state index is -0.136. The average Bonchev–Trinajstić information content (AvgIpc) is 3.26. The van der Waals surface area contributed by atoms with Crippen LogP contribution in [-0.4, -0.2) is 33.2 Å². The summed E-state index contributed by atoms with van der Waals surface area (Å²) < 4.78 is 16.0. The quantitative estimate of drug-likeness (QED) is 0.631. The number of carbonyl (C=O) groups excluding carboxylic acids is 1. The van der Waals surface area contributed by atoms with Crippen molar-refractivity contribution in [1.82, 2.24) is 20.2 Å². The Bertz CT molecular complexity index is 895. The first-order chi connectivity index (χ1) is 13.0.